The van der Waals surface area contributed by atoms with E-state index in [4.69, 9.17) is 0 Å². The van der Waals surface area contributed by atoms with E-state index in [1.165, 1.54) is 13.0 Å². The molecule has 1 aliphatic heterocycles. The van der Waals surface area contributed by atoms with Gasteiger partial charge in [0.1, 0.15) is 11.4 Å². The molecule has 0 radical (unpaired) electrons. The third kappa shape index (κ3) is 3.55. The van der Waals surface area contributed by atoms with Crippen LogP contribution in [0, 0.1) is 10.1 Å². The van der Waals surface area contributed by atoms with Gasteiger partial charge in [0.25, 0.3) is 5.69 Å². The van der Waals surface area contributed by atoms with Crippen LogP contribution in [0.5, 0.6) is 0 Å². The SMILES string of the molecule is CC(=O)c1ccc(N2CCC(c3cc(-c4cccs4)n[nH]3)CC2)c([N+](=O)[O-])c1. The number of thiophene rings is 1. The number of hydrogen-bond donors (Lipinski definition) is 1. The molecule has 1 aromatic carbocycles. The highest BCUT2D eigenvalue weighted by Gasteiger charge is 2.27. The van der Waals surface area contributed by atoms with E-state index in [-0.39, 0.29) is 11.5 Å². The Kier molecular flexibility index (Phi) is 4.95. The fraction of sp³-hybridized carbons (Fsp3) is 0.300. The zero-order valence-electron chi connectivity index (χ0n) is 15.4. The van der Waals surface area contributed by atoms with Crippen molar-refractivity contribution in [2.45, 2.75) is 25.7 Å². The van der Waals surface area contributed by atoms with E-state index < -0.39 is 4.92 Å². The van der Waals surface area contributed by atoms with Crippen molar-refractivity contribution >= 4 is 28.5 Å². The second kappa shape index (κ2) is 7.55. The summed E-state index contributed by atoms with van der Waals surface area (Å²) < 4.78 is 0. The molecular weight excluding hydrogens is 376 g/mol. The first kappa shape index (κ1) is 18.4. The van der Waals surface area contributed by atoms with Crippen LogP contribution in [0.4, 0.5) is 11.4 Å². The molecule has 1 aliphatic rings. The number of benzene rings is 1. The van der Waals surface area contributed by atoms with Crippen LogP contribution in [0.3, 0.4) is 0 Å². The lowest BCUT2D eigenvalue weighted by atomic mass is 9.93. The average Bonchev–Trinajstić information content (AvgIpc) is 3.39. The number of rotatable bonds is 5. The largest absolute Gasteiger partial charge is 0.366 e. The molecule has 144 valence electrons. The molecule has 3 aromatic rings. The quantitative estimate of drug-likeness (QED) is 0.385. The Morgan fingerprint density at radius 2 is 2.07 bits per heavy atom. The predicted octanol–water partition coefficient (Wildman–Crippen LogP) is 4.63. The minimum absolute atomic E-state index is 0.00679. The van der Waals surface area contributed by atoms with Crippen molar-refractivity contribution in [3.63, 3.8) is 0 Å². The number of ketones is 1. The summed E-state index contributed by atoms with van der Waals surface area (Å²) in [6.07, 6.45) is 1.77. The summed E-state index contributed by atoms with van der Waals surface area (Å²) in [7, 11) is 0. The van der Waals surface area contributed by atoms with Gasteiger partial charge in [-0.1, -0.05) is 6.07 Å². The van der Waals surface area contributed by atoms with Crippen LogP contribution in [0.25, 0.3) is 10.6 Å². The van der Waals surface area contributed by atoms with Crippen molar-refractivity contribution in [1.29, 1.82) is 0 Å². The number of carbonyl (C=O) groups excluding carboxylic acids is 1. The molecule has 3 heterocycles. The topological polar surface area (TPSA) is 92.1 Å². The van der Waals surface area contributed by atoms with Crippen LogP contribution in [0.15, 0.2) is 41.8 Å². The molecule has 0 bridgehead atoms. The molecule has 1 saturated heterocycles. The fourth-order valence-electron chi connectivity index (χ4n) is 3.68. The normalized spacial score (nSPS) is 15.0. The zero-order chi connectivity index (χ0) is 19.7. The average molecular weight is 396 g/mol. The standard InChI is InChI=1S/C20H20N4O3S/c1-13(25)15-4-5-18(19(11-15)24(26)27)23-8-6-14(7-9-23)16-12-17(22-21-16)20-3-2-10-28-20/h2-5,10-12,14H,6-9H2,1H3,(H,21,22). The monoisotopic (exact) mass is 396 g/mol. The zero-order valence-corrected chi connectivity index (χ0v) is 16.2. The van der Waals surface area contributed by atoms with Gasteiger partial charge in [0.15, 0.2) is 5.78 Å². The third-order valence-electron chi connectivity index (χ3n) is 5.23. The van der Waals surface area contributed by atoms with E-state index in [2.05, 4.69) is 22.3 Å². The lowest BCUT2D eigenvalue weighted by molar-refractivity contribution is -0.384. The molecule has 2 aromatic heterocycles. The van der Waals surface area contributed by atoms with Crippen molar-refractivity contribution < 1.29 is 9.72 Å². The van der Waals surface area contributed by atoms with E-state index in [9.17, 15) is 14.9 Å². The van der Waals surface area contributed by atoms with Crippen LogP contribution < -0.4 is 4.90 Å². The van der Waals surface area contributed by atoms with E-state index in [1.54, 1.807) is 23.5 Å². The Bertz CT molecular complexity index is 1000. The van der Waals surface area contributed by atoms with Crippen LogP contribution in [0.1, 0.15) is 41.7 Å². The van der Waals surface area contributed by atoms with Gasteiger partial charge in [0.05, 0.1) is 9.80 Å². The van der Waals surface area contributed by atoms with Gasteiger partial charge in [0.2, 0.25) is 0 Å². The number of nitro groups is 1. The Labute approximate surface area is 166 Å². The number of aromatic nitrogens is 2. The van der Waals surface area contributed by atoms with E-state index in [0.717, 1.165) is 42.2 Å². The smallest absolute Gasteiger partial charge is 0.293 e. The van der Waals surface area contributed by atoms with Crippen LogP contribution in [0.2, 0.25) is 0 Å². The molecule has 1 N–H and O–H groups in total. The Hall–Kier alpha value is -3.00. The number of hydrogen-bond acceptors (Lipinski definition) is 6. The van der Waals surface area contributed by atoms with Gasteiger partial charge < -0.3 is 4.90 Å². The molecule has 0 aliphatic carbocycles. The molecule has 28 heavy (non-hydrogen) atoms. The van der Waals surface area contributed by atoms with Crippen molar-refractivity contribution in [3.8, 4) is 10.6 Å². The fourth-order valence-corrected chi connectivity index (χ4v) is 4.37. The van der Waals surface area contributed by atoms with Crippen LogP contribution in [-0.4, -0.2) is 34.0 Å². The third-order valence-corrected chi connectivity index (χ3v) is 6.12. The second-order valence-electron chi connectivity index (χ2n) is 6.96. The highest BCUT2D eigenvalue weighted by Crippen LogP contribution is 2.36. The second-order valence-corrected chi connectivity index (χ2v) is 7.91. The number of nitro benzene ring substituents is 1. The summed E-state index contributed by atoms with van der Waals surface area (Å²) in [6, 6.07) is 10.9. The molecule has 0 unspecified atom stereocenters. The number of aromatic amines is 1. The first-order chi connectivity index (χ1) is 13.5. The first-order valence-electron chi connectivity index (χ1n) is 9.16. The number of anilines is 1. The summed E-state index contributed by atoms with van der Waals surface area (Å²) in [4.78, 5) is 25.8. The minimum atomic E-state index is -0.407. The molecule has 4 rings (SSSR count). The van der Waals surface area contributed by atoms with Crippen molar-refractivity contribution in [3.05, 3.63) is 63.1 Å². The van der Waals surface area contributed by atoms with E-state index >= 15 is 0 Å². The maximum Gasteiger partial charge on any atom is 0.293 e. The Morgan fingerprint density at radius 3 is 2.71 bits per heavy atom. The maximum atomic E-state index is 11.5. The molecular formula is C20H20N4O3S. The van der Waals surface area contributed by atoms with Crippen LogP contribution in [-0.2, 0) is 0 Å². The summed E-state index contributed by atoms with van der Waals surface area (Å²) in [5.74, 6) is 0.183. The summed E-state index contributed by atoms with van der Waals surface area (Å²) in [5.41, 5.74) is 3.02. The lowest BCUT2D eigenvalue weighted by Crippen LogP contribution is -2.33. The predicted molar refractivity (Wildman–Crippen MR) is 109 cm³/mol. The van der Waals surface area contributed by atoms with Crippen molar-refractivity contribution in [2.75, 3.05) is 18.0 Å². The maximum absolute atomic E-state index is 11.5. The number of H-pyrrole nitrogens is 1. The number of carbonyl (C=O) groups is 1. The summed E-state index contributed by atoms with van der Waals surface area (Å²) >= 11 is 1.66. The minimum Gasteiger partial charge on any atom is -0.366 e. The molecule has 1 fully saturated rings. The number of piperidine rings is 1. The van der Waals surface area contributed by atoms with Crippen LogP contribution >= 0.6 is 11.3 Å². The number of Topliss-reactive ketones (excluding diaryl/α,β-unsaturated/α-hetero) is 1. The van der Waals surface area contributed by atoms with Gasteiger partial charge in [-0.3, -0.25) is 20.0 Å². The Balaban J connectivity index is 1.49. The number of nitrogens with zero attached hydrogens (tertiary/aromatic N) is 3. The number of nitrogens with one attached hydrogen (secondary N) is 1. The Morgan fingerprint density at radius 1 is 1.29 bits per heavy atom. The first-order valence-corrected chi connectivity index (χ1v) is 10.0. The molecule has 0 spiro atoms. The van der Waals surface area contributed by atoms with E-state index in [0.29, 0.717) is 17.2 Å². The molecule has 0 saturated carbocycles. The van der Waals surface area contributed by atoms with Crippen molar-refractivity contribution in [2.24, 2.45) is 0 Å². The van der Waals surface area contributed by atoms with Gasteiger partial charge >= 0.3 is 0 Å². The van der Waals surface area contributed by atoms with Gasteiger partial charge in [0, 0.05) is 36.3 Å². The molecule has 0 amide bonds. The highest BCUT2D eigenvalue weighted by atomic mass is 32.1. The molecule has 0 atom stereocenters. The molecule has 8 heteroatoms. The highest BCUT2D eigenvalue weighted by molar-refractivity contribution is 7.13. The van der Waals surface area contributed by atoms with E-state index in [1.807, 2.05) is 16.3 Å². The lowest BCUT2D eigenvalue weighted by Gasteiger charge is -2.32. The van der Waals surface area contributed by atoms with Gasteiger partial charge in [-0.15, -0.1) is 11.3 Å². The van der Waals surface area contributed by atoms with Crippen molar-refractivity contribution in [1.82, 2.24) is 10.2 Å². The molecule has 7 nitrogen and oxygen atoms in total. The van der Waals surface area contributed by atoms with Gasteiger partial charge in [-0.05, 0) is 49.4 Å². The summed E-state index contributed by atoms with van der Waals surface area (Å²) in [5, 5.41) is 21.1. The van der Waals surface area contributed by atoms with Gasteiger partial charge in [-0.25, -0.2) is 0 Å². The summed E-state index contributed by atoms with van der Waals surface area (Å²) in [6.45, 7) is 2.86. The van der Waals surface area contributed by atoms with Gasteiger partial charge in [-0.2, -0.15) is 5.10 Å².